The van der Waals surface area contributed by atoms with Crippen LogP contribution >= 0.6 is 11.8 Å². The van der Waals surface area contributed by atoms with Crippen molar-refractivity contribution in [3.8, 4) is 11.8 Å². The predicted octanol–water partition coefficient (Wildman–Crippen LogP) is 4.00. The normalized spacial score (nSPS) is 16.0. The van der Waals surface area contributed by atoms with E-state index < -0.39 is 5.97 Å². The van der Waals surface area contributed by atoms with Crippen LogP contribution in [0.1, 0.15) is 22.8 Å². The number of hydrogen-bond donors (Lipinski definition) is 0. The van der Waals surface area contributed by atoms with E-state index in [4.69, 9.17) is 14.7 Å². The van der Waals surface area contributed by atoms with Gasteiger partial charge in [-0.15, -0.1) is 0 Å². The quantitative estimate of drug-likeness (QED) is 0.517. The molecule has 0 unspecified atom stereocenters. The van der Waals surface area contributed by atoms with E-state index in [2.05, 4.69) is 4.99 Å². The van der Waals surface area contributed by atoms with Gasteiger partial charge in [-0.3, -0.25) is 9.69 Å². The maximum atomic E-state index is 12.8. The third-order valence-corrected chi connectivity index (χ3v) is 5.18. The van der Waals surface area contributed by atoms with Crippen molar-refractivity contribution in [1.29, 1.82) is 5.26 Å². The van der Waals surface area contributed by atoms with Crippen LogP contribution in [0.15, 0.2) is 58.4 Å². The molecule has 0 spiro atoms. The van der Waals surface area contributed by atoms with Crippen molar-refractivity contribution in [2.75, 3.05) is 20.3 Å². The largest absolute Gasteiger partial charge is 0.479 e. The summed E-state index contributed by atoms with van der Waals surface area (Å²) in [7, 11) is 1.32. The Kier molecular flexibility index (Phi) is 6.88. The first-order valence-corrected chi connectivity index (χ1v) is 9.95. The lowest BCUT2D eigenvalue weighted by atomic mass is 10.2. The number of ether oxygens (including phenoxy) is 2. The highest BCUT2D eigenvalue weighted by Gasteiger charge is 2.32. The molecule has 8 heteroatoms. The Morgan fingerprint density at radius 1 is 1.27 bits per heavy atom. The van der Waals surface area contributed by atoms with Gasteiger partial charge in [0.1, 0.15) is 11.8 Å². The molecule has 1 fully saturated rings. The summed E-state index contributed by atoms with van der Waals surface area (Å²) in [5, 5.41) is 9.12. The zero-order chi connectivity index (χ0) is 21.5. The summed E-state index contributed by atoms with van der Waals surface area (Å²) in [6.07, 6.45) is 1.79. The maximum Gasteiger partial charge on any atom is 0.337 e. The molecule has 0 radical (unpaired) electrons. The van der Waals surface area contributed by atoms with E-state index in [-0.39, 0.29) is 12.5 Å². The molecule has 1 saturated heterocycles. The van der Waals surface area contributed by atoms with Gasteiger partial charge in [-0.25, -0.2) is 9.79 Å². The maximum absolute atomic E-state index is 12.8. The van der Waals surface area contributed by atoms with Crippen LogP contribution < -0.4 is 4.74 Å². The number of hydrogen-bond acceptors (Lipinski definition) is 7. The Morgan fingerprint density at radius 2 is 2.03 bits per heavy atom. The Morgan fingerprint density at radius 3 is 2.70 bits per heavy atom. The molecule has 1 aliphatic heterocycles. The second-order valence-corrected chi connectivity index (χ2v) is 7.12. The first-order valence-electron chi connectivity index (χ1n) is 9.14. The fraction of sp³-hybridized carbons (Fsp3) is 0.182. The lowest BCUT2D eigenvalue weighted by molar-refractivity contribution is -0.122. The number of esters is 1. The molecule has 7 nitrogen and oxygen atoms in total. The van der Waals surface area contributed by atoms with Gasteiger partial charge in [-0.1, -0.05) is 18.2 Å². The summed E-state index contributed by atoms with van der Waals surface area (Å²) in [5.41, 5.74) is 1.79. The van der Waals surface area contributed by atoms with Gasteiger partial charge >= 0.3 is 5.97 Å². The van der Waals surface area contributed by atoms with Gasteiger partial charge in [0.15, 0.2) is 11.8 Å². The van der Waals surface area contributed by atoms with Crippen LogP contribution in [0.25, 0.3) is 6.08 Å². The Bertz CT molecular complexity index is 1050. The van der Waals surface area contributed by atoms with Crippen LogP contribution in [0, 0.1) is 11.3 Å². The zero-order valence-corrected chi connectivity index (χ0v) is 17.3. The highest BCUT2D eigenvalue weighted by Crippen LogP contribution is 2.34. The fourth-order valence-electron chi connectivity index (χ4n) is 2.73. The van der Waals surface area contributed by atoms with Crippen molar-refractivity contribution in [2.45, 2.75) is 6.92 Å². The fourth-order valence-corrected chi connectivity index (χ4v) is 3.79. The van der Waals surface area contributed by atoms with E-state index in [1.54, 1.807) is 47.4 Å². The number of nitriles is 1. The second-order valence-electron chi connectivity index (χ2n) is 6.11. The number of carbonyl (C=O) groups is 2. The molecule has 2 aromatic carbocycles. The van der Waals surface area contributed by atoms with E-state index >= 15 is 0 Å². The summed E-state index contributed by atoms with van der Waals surface area (Å²) in [4.78, 5) is 31.2. The minimum atomic E-state index is -0.442. The molecule has 2 aromatic rings. The van der Waals surface area contributed by atoms with E-state index in [1.165, 1.54) is 18.9 Å². The SMILES string of the molecule is CCN1C(=O)C(=Cc2ccc(OCC#N)cc2)SC1=Nc1cccc(C(=O)OC)c1. The number of thioether (sulfide) groups is 1. The Labute approximate surface area is 178 Å². The highest BCUT2D eigenvalue weighted by molar-refractivity contribution is 8.18. The van der Waals surface area contributed by atoms with E-state index in [1.807, 2.05) is 25.1 Å². The van der Waals surface area contributed by atoms with Crippen molar-refractivity contribution in [3.05, 3.63) is 64.6 Å². The monoisotopic (exact) mass is 421 g/mol. The third kappa shape index (κ3) is 4.88. The van der Waals surface area contributed by atoms with E-state index in [0.717, 1.165) is 5.56 Å². The number of aliphatic imine (C=N–C) groups is 1. The number of carbonyl (C=O) groups excluding carboxylic acids is 2. The van der Waals surface area contributed by atoms with Crippen molar-refractivity contribution >= 4 is 40.6 Å². The molecule has 0 aliphatic carbocycles. The van der Waals surface area contributed by atoms with E-state index in [0.29, 0.717) is 33.6 Å². The second kappa shape index (κ2) is 9.76. The highest BCUT2D eigenvalue weighted by atomic mass is 32.2. The van der Waals surface area contributed by atoms with Crippen molar-refractivity contribution in [2.24, 2.45) is 4.99 Å². The van der Waals surface area contributed by atoms with Crippen molar-refractivity contribution < 1.29 is 19.1 Å². The van der Waals surface area contributed by atoms with Crippen LogP contribution in [-0.2, 0) is 9.53 Å². The average Bonchev–Trinajstić information content (AvgIpc) is 3.06. The molecule has 1 aliphatic rings. The third-order valence-electron chi connectivity index (χ3n) is 4.18. The molecule has 30 heavy (non-hydrogen) atoms. The molecule has 0 aromatic heterocycles. The molecule has 0 bridgehead atoms. The van der Waals surface area contributed by atoms with Gasteiger partial charge in [-0.2, -0.15) is 5.26 Å². The van der Waals surface area contributed by atoms with Gasteiger partial charge in [0, 0.05) is 6.54 Å². The van der Waals surface area contributed by atoms with Gasteiger partial charge < -0.3 is 9.47 Å². The number of rotatable bonds is 6. The van der Waals surface area contributed by atoms with Crippen LogP contribution in [0.4, 0.5) is 5.69 Å². The number of likely N-dealkylation sites (N-methyl/N-ethyl adjacent to an activating group) is 1. The van der Waals surface area contributed by atoms with Gasteiger partial charge in [0.25, 0.3) is 5.91 Å². The standard InChI is InChI=1S/C22H19N3O4S/c1-3-25-20(26)19(13-15-7-9-18(10-8-15)29-12-11-23)30-22(25)24-17-6-4-5-16(14-17)21(27)28-2/h4-10,13-14H,3,12H2,1-2H3. The lowest BCUT2D eigenvalue weighted by Crippen LogP contribution is -2.28. The van der Waals surface area contributed by atoms with Crippen molar-refractivity contribution in [3.63, 3.8) is 0 Å². The Hall–Kier alpha value is -3.57. The molecular formula is C22H19N3O4S. The Balaban J connectivity index is 1.84. The van der Waals surface area contributed by atoms with Crippen LogP contribution in [-0.4, -0.2) is 42.2 Å². The summed E-state index contributed by atoms with van der Waals surface area (Å²) in [6, 6.07) is 15.8. The first-order chi connectivity index (χ1) is 14.5. The number of benzene rings is 2. The summed E-state index contributed by atoms with van der Waals surface area (Å²) < 4.78 is 9.98. The topological polar surface area (TPSA) is 92.0 Å². The first kappa shape index (κ1) is 21.1. The average molecular weight is 421 g/mol. The minimum absolute atomic E-state index is 0.0166. The molecule has 152 valence electrons. The molecule has 1 heterocycles. The van der Waals surface area contributed by atoms with Gasteiger partial charge in [0.2, 0.25) is 0 Å². The zero-order valence-electron chi connectivity index (χ0n) is 16.5. The molecular weight excluding hydrogens is 402 g/mol. The molecule has 0 saturated carbocycles. The lowest BCUT2D eigenvalue weighted by Gasteiger charge is -2.12. The molecule has 3 rings (SSSR count). The molecule has 0 N–H and O–H groups in total. The number of nitrogens with zero attached hydrogens (tertiary/aromatic N) is 3. The number of amidine groups is 1. The summed E-state index contributed by atoms with van der Waals surface area (Å²) in [5.74, 6) is 0.0181. The summed E-state index contributed by atoms with van der Waals surface area (Å²) in [6.45, 7) is 2.33. The van der Waals surface area contributed by atoms with Crippen molar-refractivity contribution in [1.82, 2.24) is 4.90 Å². The van der Waals surface area contributed by atoms with Crippen LogP contribution in [0.5, 0.6) is 5.75 Å². The molecule has 0 atom stereocenters. The van der Waals surface area contributed by atoms with Crippen LogP contribution in [0.3, 0.4) is 0 Å². The number of amides is 1. The molecule has 1 amide bonds. The minimum Gasteiger partial charge on any atom is -0.479 e. The number of methoxy groups -OCH3 is 1. The van der Waals surface area contributed by atoms with Crippen LogP contribution in [0.2, 0.25) is 0 Å². The smallest absolute Gasteiger partial charge is 0.337 e. The van der Waals surface area contributed by atoms with E-state index in [9.17, 15) is 9.59 Å². The van der Waals surface area contributed by atoms with Gasteiger partial charge in [0.05, 0.1) is 23.3 Å². The predicted molar refractivity (Wildman–Crippen MR) is 115 cm³/mol. The summed E-state index contributed by atoms with van der Waals surface area (Å²) >= 11 is 1.28. The van der Waals surface area contributed by atoms with Gasteiger partial charge in [-0.05, 0) is 60.7 Å².